The Morgan fingerprint density at radius 1 is 0.905 bits per heavy atom. The molecule has 0 saturated heterocycles. The number of halogens is 1. The quantitative estimate of drug-likeness (QED) is 0.592. The molecule has 0 spiro atoms. The average Bonchev–Trinajstić information content (AvgIpc) is 2.49. The Balaban J connectivity index is 2.33. The van der Waals surface area contributed by atoms with Gasteiger partial charge in [-0.3, -0.25) is 4.79 Å². The fourth-order valence-electron chi connectivity index (χ4n) is 2.64. The summed E-state index contributed by atoms with van der Waals surface area (Å²) < 4.78 is 14.2. The van der Waals surface area contributed by atoms with Crippen molar-refractivity contribution in [3.63, 3.8) is 0 Å². The normalized spacial score (nSPS) is 10.8. The van der Waals surface area contributed by atoms with Crippen molar-refractivity contribution in [3.05, 3.63) is 71.5 Å². The third kappa shape index (κ3) is 2.33. The van der Waals surface area contributed by atoms with Crippen LogP contribution in [-0.2, 0) is 0 Å². The number of hydrogen-bond donors (Lipinski definition) is 0. The van der Waals surface area contributed by atoms with E-state index >= 15 is 0 Å². The van der Waals surface area contributed by atoms with E-state index in [4.69, 9.17) is 0 Å². The molecular formula is C19H15FO. The van der Waals surface area contributed by atoms with Crippen LogP contribution in [0.2, 0.25) is 0 Å². The van der Waals surface area contributed by atoms with E-state index in [9.17, 15) is 9.18 Å². The molecule has 0 unspecified atom stereocenters. The number of Topliss-reactive ketones (excluding diaryl/α,β-unsaturated/α-hetero) is 1. The van der Waals surface area contributed by atoms with Crippen LogP contribution in [0.4, 0.5) is 4.39 Å². The van der Waals surface area contributed by atoms with Crippen molar-refractivity contribution in [2.45, 2.75) is 13.8 Å². The van der Waals surface area contributed by atoms with Gasteiger partial charge in [-0.25, -0.2) is 4.39 Å². The number of aryl methyl sites for hydroxylation is 1. The predicted octanol–water partition coefficient (Wildman–Crippen LogP) is 5.16. The van der Waals surface area contributed by atoms with E-state index in [0.717, 1.165) is 21.9 Å². The predicted molar refractivity (Wildman–Crippen MR) is 84.1 cm³/mol. The minimum atomic E-state index is -0.311. The van der Waals surface area contributed by atoms with Gasteiger partial charge in [-0.2, -0.15) is 0 Å². The van der Waals surface area contributed by atoms with Crippen LogP contribution in [0.5, 0.6) is 0 Å². The van der Waals surface area contributed by atoms with Crippen molar-refractivity contribution in [1.29, 1.82) is 0 Å². The number of hydrogen-bond acceptors (Lipinski definition) is 1. The first kappa shape index (κ1) is 13.5. The molecule has 0 saturated carbocycles. The van der Waals surface area contributed by atoms with Crippen molar-refractivity contribution in [3.8, 4) is 11.1 Å². The van der Waals surface area contributed by atoms with Gasteiger partial charge in [0.15, 0.2) is 5.78 Å². The number of carbonyl (C=O) groups is 1. The zero-order valence-corrected chi connectivity index (χ0v) is 12.0. The minimum Gasteiger partial charge on any atom is -0.295 e. The van der Waals surface area contributed by atoms with Crippen molar-refractivity contribution in [1.82, 2.24) is 0 Å². The van der Waals surface area contributed by atoms with Crippen molar-refractivity contribution >= 4 is 16.6 Å². The van der Waals surface area contributed by atoms with E-state index in [2.05, 4.69) is 0 Å². The largest absolute Gasteiger partial charge is 0.295 e. The highest BCUT2D eigenvalue weighted by atomic mass is 19.1. The van der Waals surface area contributed by atoms with Crippen LogP contribution < -0.4 is 0 Å². The molecule has 0 heterocycles. The first-order chi connectivity index (χ1) is 10.1. The van der Waals surface area contributed by atoms with E-state index < -0.39 is 0 Å². The van der Waals surface area contributed by atoms with Crippen LogP contribution in [0.25, 0.3) is 21.9 Å². The van der Waals surface area contributed by atoms with Gasteiger partial charge >= 0.3 is 0 Å². The highest BCUT2D eigenvalue weighted by Crippen LogP contribution is 2.32. The van der Waals surface area contributed by atoms with Gasteiger partial charge in [0.2, 0.25) is 0 Å². The van der Waals surface area contributed by atoms with Gasteiger partial charge in [0, 0.05) is 11.1 Å². The maximum atomic E-state index is 14.2. The molecule has 0 bridgehead atoms. The molecule has 3 aromatic carbocycles. The highest BCUT2D eigenvalue weighted by molar-refractivity contribution is 6.00. The molecule has 1 nitrogen and oxygen atoms in total. The molecule has 0 fully saturated rings. The molecule has 21 heavy (non-hydrogen) atoms. The van der Waals surface area contributed by atoms with Crippen LogP contribution in [0.1, 0.15) is 22.8 Å². The Kier molecular flexibility index (Phi) is 3.30. The lowest BCUT2D eigenvalue weighted by Gasteiger charge is -2.11. The summed E-state index contributed by atoms with van der Waals surface area (Å²) in [4.78, 5) is 11.5. The molecule has 3 aromatic rings. The fraction of sp³-hybridized carbons (Fsp3) is 0.105. The third-order valence-corrected chi connectivity index (χ3v) is 3.81. The smallest absolute Gasteiger partial charge is 0.159 e. The van der Waals surface area contributed by atoms with E-state index in [1.807, 2.05) is 43.3 Å². The summed E-state index contributed by atoms with van der Waals surface area (Å²) in [6.45, 7) is 3.53. The second-order valence-corrected chi connectivity index (χ2v) is 5.23. The van der Waals surface area contributed by atoms with E-state index in [-0.39, 0.29) is 11.6 Å². The Hall–Kier alpha value is -2.48. The molecule has 0 radical (unpaired) electrons. The van der Waals surface area contributed by atoms with Crippen LogP contribution >= 0.6 is 0 Å². The van der Waals surface area contributed by atoms with Gasteiger partial charge < -0.3 is 0 Å². The molecule has 0 aliphatic rings. The number of carbonyl (C=O) groups excluding carboxylic acids is 1. The molecule has 0 aromatic heterocycles. The van der Waals surface area contributed by atoms with Crippen LogP contribution in [0.15, 0.2) is 54.6 Å². The summed E-state index contributed by atoms with van der Waals surface area (Å²) in [6, 6.07) is 16.3. The van der Waals surface area contributed by atoms with Gasteiger partial charge in [0.05, 0.1) is 0 Å². The standard InChI is InChI=1S/C19H15FO/c1-12-7-9-17(16-6-4-3-5-15(12)16)18-11-14(13(2)21)8-10-19(18)20/h3-11H,1-2H3. The van der Waals surface area contributed by atoms with Crippen LogP contribution in [0.3, 0.4) is 0 Å². The summed E-state index contributed by atoms with van der Waals surface area (Å²) in [7, 11) is 0. The summed E-state index contributed by atoms with van der Waals surface area (Å²) in [5.74, 6) is -0.373. The molecule has 0 amide bonds. The Bertz CT molecular complexity index is 849. The topological polar surface area (TPSA) is 17.1 Å². The SMILES string of the molecule is CC(=O)c1ccc(F)c(-c2ccc(C)c3ccccc23)c1. The molecule has 3 rings (SSSR count). The first-order valence-electron chi connectivity index (χ1n) is 6.87. The second kappa shape index (κ2) is 5.13. The van der Waals surface area contributed by atoms with Crippen molar-refractivity contribution in [2.24, 2.45) is 0 Å². The van der Waals surface area contributed by atoms with E-state index in [1.54, 1.807) is 6.07 Å². The van der Waals surface area contributed by atoms with Gasteiger partial charge in [0.1, 0.15) is 5.82 Å². The molecule has 0 aliphatic heterocycles. The van der Waals surface area contributed by atoms with E-state index in [1.165, 1.54) is 19.1 Å². The van der Waals surface area contributed by atoms with Crippen LogP contribution in [0, 0.1) is 12.7 Å². The summed E-state index contributed by atoms with van der Waals surface area (Å²) in [5.41, 5.74) is 2.96. The summed E-state index contributed by atoms with van der Waals surface area (Å²) >= 11 is 0. The maximum absolute atomic E-state index is 14.2. The monoisotopic (exact) mass is 278 g/mol. The average molecular weight is 278 g/mol. The molecule has 0 atom stereocenters. The highest BCUT2D eigenvalue weighted by Gasteiger charge is 2.12. The first-order valence-corrected chi connectivity index (χ1v) is 6.87. The fourth-order valence-corrected chi connectivity index (χ4v) is 2.64. The zero-order valence-electron chi connectivity index (χ0n) is 12.0. The number of fused-ring (bicyclic) bond motifs is 1. The van der Waals surface area contributed by atoms with Gasteiger partial charge in [-0.05, 0) is 53.9 Å². The lowest BCUT2D eigenvalue weighted by molar-refractivity contribution is 0.101. The molecule has 0 N–H and O–H groups in total. The zero-order chi connectivity index (χ0) is 15.0. The third-order valence-electron chi connectivity index (χ3n) is 3.81. The lowest BCUT2D eigenvalue weighted by Crippen LogP contribution is -1.95. The molecule has 2 heteroatoms. The number of benzene rings is 3. The van der Waals surface area contributed by atoms with Crippen molar-refractivity contribution < 1.29 is 9.18 Å². The Labute approximate surface area is 123 Å². The molecule has 0 aliphatic carbocycles. The molecular weight excluding hydrogens is 263 g/mol. The van der Waals surface area contributed by atoms with Crippen LogP contribution in [-0.4, -0.2) is 5.78 Å². The minimum absolute atomic E-state index is 0.0623. The summed E-state index contributed by atoms with van der Waals surface area (Å²) in [6.07, 6.45) is 0. The lowest BCUT2D eigenvalue weighted by atomic mass is 9.94. The van der Waals surface area contributed by atoms with Gasteiger partial charge in [-0.15, -0.1) is 0 Å². The molecule has 104 valence electrons. The number of rotatable bonds is 2. The van der Waals surface area contributed by atoms with Crippen molar-refractivity contribution in [2.75, 3.05) is 0 Å². The maximum Gasteiger partial charge on any atom is 0.159 e. The Morgan fingerprint density at radius 2 is 1.62 bits per heavy atom. The second-order valence-electron chi connectivity index (χ2n) is 5.23. The Morgan fingerprint density at radius 3 is 2.33 bits per heavy atom. The summed E-state index contributed by atoms with van der Waals surface area (Å²) in [5, 5.41) is 2.10. The van der Waals surface area contributed by atoms with Gasteiger partial charge in [-0.1, -0.05) is 36.4 Å². The number of ketones is 1. The van der Waals surface area contributed by atoms with E-state index in [0.29, 0.717) is 11.1 Å². The van der Waals surface area contributed by atoms with Gasteiger partial charge in [0.25, 0.3) is 0 Å².